The predicted octanol–water partition coefficient (Wildman–Crippen LogP) is 3.26. The van der Waals surface area contributed by atoms with E-state index >= 15 is 0 Å². The summed E-state index contributed by atoms with van der Waals surface area (Å²) in [6.45, 7) is 6.15. The van der Waals surface area contributed by atoms with Gasteiger partial charge in [0.15, 0.2) is 0 Å². The molecule has 1 aromatic rings. The molecule has 0 aliphatic rings. The van der Waals surface area contributed by atoms with Crippen LogP contribution in [0, 0.1) is 0 Å². The minimum atomic E-state index is 0.104. The number of rotatable bonds is 5. The van der Waals surface area contributed by atoms with E-state index in [9.17, 15) is 0 Å². The van der Waals surface area contributed by atoms with Crippen LogP contribution in [-0.2, 0) is 0 Å². The summed E-state index contributed by atoms with van der Waals surface area (Å²) in [6.07, 6.45) is 3.01. The highest BCUT2D eigenvalue weighted by molar-refractivity contribution is 5.59. The Balaban J connectivity index is 2.98. The van der Waals surface area contributed by atoms with Crippen LogP contribution in [0.15, 0.2) is 29.8 Å². The number of benzene rings is 1. The predicted molar refractivity (Wildman–Crippen MR) is 67.6 cm³/mol. The summed E-state index contributed by atoms with van der Waals surface area (Å²) in [7, 11) is 0. The van der Waals surface area contributed by atoms with E-state index in [1.165, 1.54) is 0 Å². The quantitative estimate of drug-likeness (QED) is 0.825. The number of para-hydroxylation sites is 1. The smallest absolute Gasteiger partial charge is 0.126 e. The number of ether oxygens (including phenoxy) is 1. The molecule has 16 heavy (non-hydrogen) atoms. The van der Waals surface area contributed by atoms with Gasteiger partial charge in [0.2, 0.25) is 0 Å². The fourth-order valence-electron chi connectivity index (χ4n) is 1.44. The van der Waals surface area contributed by atoms with Gasteiger partial charge < -0.3 is 9.84 Å². The van der Waals surface area contributed by atoms with Crippen molar-refractivity contribution >= 4 is 6.08 Å². The lowest BCUT2D eigenvalue weighted by Gasteiger charge is -2.12. The second kappa shape index (κ2) is 6.33. The van der Waals surface area contributed by atoms with Crippen molar-refractivity contribution in [3.05, 3.63) is 35.4 Å². The summed E-state index contributed by atoms with van der Waals surface area (Å²) in [4.78, 5) is 0. The zero-order chi connectivity index (χ0) is 12.0. The first-order valence-corrected chi connectivity index (χ1v) is 5.73. The van der Waals surface area contributed by atoms with Crippen LogP contribution in [0.25, 0.3) is 6.08 Å². The minimum Gasteiger partial charge on any atom is -0.490 e. The van der Waals surface area contributed by atoms with Gasteiger partial charge in [-0.2, -0.15) is 0 Å². The van der Waals surface area contributed by atoms with E-state index in [1.807, 2.05) is 51.1 Å². The molecule has 0 unspecified atom stereocenters. The summed E-state index contributed by atoms with van der Waals surface area (Å²) >= 11 is 0. The Hall–Kier alpha value is -1.28. The Morgan fingerprint density at radius 2 is 2.06 bits per heavy atom. The first-order chi connectivity index (χ1) is 7.67. The van der Waals surface area contributed by atoms with E-state index in [0.717, 1.165) is 23.3 Å². The molecule has 2 heteroatoms. The Kier molecular flexibility index (Phi) is 5.06. The molecule has 88 valence electrons. The van der Waals surface area contributed by atoms with Crippen molar-refractivity contribution in [1.29, 1.82) is 0 Å². The molecule has 0 bridgehead atoms. The highest BCUT2D eigenvalue weighted by Gasteiger charge is 2.03. The van der Waals surface area contributed by atoms with E-state index in [4.69, 9.17) is 9.84 Å². The number of aliphatic hydroxyl groups is 1. The van der Waals surface area contributed by atoms with E-state index in [0.29, 0.717) is 0 Å². The molecule has 0 aromatic heterocycles. The number of hydrogen-bond donors (Lipinski definition) is 1. The lowest BCUT2D eigenvalue weighted by molar-refractivity contribution is 0.242. The average Bonchev–Trinajstić information content (AvgIpc) is 2.27. The topological polar surface area (TPSA) is 29.5 Å². The number of aliphatic hydroxyl groups excluding tert-OH is 1. The van der Waals surface area contributed by atoms with Crippen molar-refractivity contribution < 1.29 is 9.84 Å². The maximum absolute atomic E-state index is 9.15. The van der Waals surface area contributed by atoms with E-state index < -0.39 is 0 Å². The average molecular weight is 220 g/mol. The monoisotopic (exact) mass is 220 g/mol. The summed E-state index contributed by atoms with van der Waals surface area (Å²) in [5, 5.41) is 9.15. The summed E-state index contributed by atoms with van der Waals surface area (Å²) in [5.41, 5.74) is 2.04. The zero-order valence-electron chi connectivity index (χ0n) is 10.2. The van der Waals surface area contributed by atoms with E-state index in [1.54, 1.807) is 0 Å². The van der Waals surface area contributed by atoms with Crippen LogP contribution in [0.3, 0.4) is 0 Å². The van der Waals surface area contributed by atoms with Crippen LogP contribution in [-0.4, -0.2) is 17.8 Å². The molecule has 0 aliphatic heterocycles. The first kappa shape index (κ1) is 12.8. The van der Waals surface area contributed by atoms with Gasteiger partial charge in [0.1, 0.15) is 5.75 Å². The van der Waals surface area contributed by atoms with Gasteiger partial charge in [-0.25, -0.2) is 0 Å². The molecule has 0 atom stereocenters. The molecular formula is C14H20O2. The third kappa shape index (κ3) is 3.70. The molecule has 1 aromatic carbocycles. The van der Waals surface area contributed by atoms with Gasteiger partial charge in [0.25, 0.3) is 0 Å². The maximum atomic E-state index is 9.15. The lowest BCUT2D eigenvalue weighted by Crippen LogP contribution is -2.06. The largest absolute Gasteiger partial charge is 0.490 e. The third-order valence-electron chi connectivity index (χ3n) is 2.30. The third-order valence-corrected chi connectivity index (χ3v) is 2.30. The minimum absolute atomic E-state index is 0.104. The summed E-state index contributed by atoms with van der Waals surface area (Å²) < 4.78 is 5.71. The van der Waals surface area contributed by atoms with E-state index in [-0.39, 0.29) is 12.7 Å². The molecule has 0 heterocycles. The molecule has 0 fully saturated rings. The summed E-state index contributed by atoms with van der Waals surface area (Å²) in [6, 6.07) is 7.89. The van der Waals surface area contributed by atoms with Crippen LogP contribution in [0.5, 0.6) is 5.75 Å². The fourth-order valence-corrected chi connectivity index (χ4v) is 1.44. The van der Waals surface area contributed by atoms with Gasteiger partial charge in [0, 0.05) is 5.56 Å². The van der Waals surface area contributed by atoms with Gasteiger partial charge in [-0.1, -0.05) is 25.1 Å². The standard InChI is InChI=1S/C14H20O2/c1-4-12(10-15)9-13-7-5-6-8-14(13)16-11(2)3/h5-9,11,15H,4,10H2,1-3H3. The Morgan fingerprint density at radius 3 is 2.62 bits per heavy atom. The molecule has 0 aliphatic carbocycles. The lowest BCUT2D eigenvalue weighted by atomic mass is 10.1. The van der Waals surface area contributed by atoms with Crippen molar-refractivity contribution in [1.82, 2.24) is 0 Å². The molecule has 0 saturated heterocycles. The van der Waals surface area contributed by atoms with Crippen molar-refractivity contribution in [3.8, 4) is 5.75 Å². The van der Waals surface area contributed by atoms with Crippen molar-refractivity contribution in [2.45, 2.75) is 33.3 Å². The van der Waals surface area contributed by atoms with Crippen LogP contribution in [0.2, 0.25) is 0 Å². The van der Waals surface area contributed by atoms with Gasteiger partial charge in [0.05, 0.1) is 12.7 Å². The molecule has 1 N–H and O–H groups in total. The maximum Gasteiger partial charge on any atom is 0.126 e. The molecule has 0 spiro atoms. The Bertz CT molecular complexity index is 348. The Labute approximate surface area is 97.6 Å². The van der Waals surface area contributed by atoms with Crippen molar-refractivity contribution in [2.75, 3.05) is 6.61 Å². The van der Waals surface area contributed by atoms with Gasteiger partial charge in [-0.05, 0) is 38.0 Å². The van der Waals surface area contributed by atoms with Gasteiger partial charge in [-0.3, -0.25) is 0 Å². The van der Waals surface area contributed by atoms with Gasteiger partial charge in [-0.15, -0.1) is 0 Å². The van der Waals surface area contributed by atoms with E-state index in [2.05, 4.69) is 0 Å². The second-order valence-electron chi connectivity index (χ2n) is 4.02. The van der Waals surface area contributed by atoms with Crippen LogP contribution in [0.1, 0.15) is 32.8 Å². The SMILES string of the molecule is CCC(=Cc1ccccc1OC(C)C)CO. The van der Waals surface area contributed by atoms with Crippen LogP contribution >= 0.6 is 0 Å². The normalized spacial score (nSPS) is 11.9. The molecule has 2 nitrogen and oxygen atoms in total. The highest BCUT2D eigenvalue weighted by Crippen LogP contribution is 2.22. The van der Waals surface area contributed by atoms with Crippen molar-refractivity contribution in [3.63, 3.8) is 0 Å². The molecule has 0 saturated carbocycles. The molecule has 1 rings (SSSR count). The summed E-state index contributed by atoms with van der Waals surface area (Å²) in [5.74, 6) is 0.872. The molecule has 0 amide bonds. The van der Waals surface area contributed by atoms with Crippen LogP contribution < -0.4 is 4.74 Å². The number of hydrogen-bond acceptors (Lipinski definition) is 2. The zero-order valence-corrected chi connectivity index (χ0v) is 10.2. The fraction of sp³-hybridized carbons (Fsp3) is 0.429. The molecule has 0 radical (unpaired) electrons. The first-order valence-electron chi connectivity index (χ1n) is 5.73. The Morgan fingerprint density at radius 1 is 1.38 bits per heavy atom. The highest BCUT2D eigenvalue weighted by atomic mass is 16.5. The van der Waals surface area contributed by atoms with Crippen LogP contribution in [0.4, 0.5) is 0 Å². The second-order valence-corrected chi connectivity index (χ2v) is 4.02. The van der Waals surface area contributed by atoms with Crippen molar-refractivity contribution in [2.24, 2.45) is 0 Å². The van der Waals surface area contributed by atoms with Gasteiger partial charge >= 0.3 is 0 Å². The molecular weight excluding hydrogens is 200 g/mol.